The first-order valence-electron chi connectivity index (χ1n) is 6.40. The number of benzene rings is 1. The zero-order valence-electron chi connectivity index (χ0n) is 11.4. The minimum atomic E-state index is -0.277. The second-order valence-electron chi connectivity index (χ2n) is 4.53. The van der Waals surface area contributed by atoms with Crippen LogP contribution >= 0.6 is 23.2 Å². The molecule has 0 aliphatic heterocycles. The molecule has 0 aliphatic carbocycles. The van der Waals surface area contributed by atoms with E-state index in [0.29, 0.717) is 21.4 Å². The number of carbonyl (C=O) groups is 1. The topological polar surface area (TPSA) is 85.8 Å². The minimum Gasteiger partial charge on any atom is -0.323 e. The van der Waals surface area contributed by atoms with Crippen molar-refractivity contribution in [3.05, 3.63) is 40.1 Å². The molecule has 1 heterocycles. The van der Waals surface area contributed by atoms with Crippen LogP contribution in [0.2, 0.25) is 10.0 Å². The fourth-order valence-electron chi connectivity index (χ4n) is 1.70. The summed E-state index contributed by atoms with van der Waals surface area (Å²) in [6.45, 7) is 1.98. The highest BCUT2D eigenvalue weighted by atomic mass is 35.5. The predicted octanol–water partition coefficient (Wildman–Crippen LogP) is 2.63. The third kappa shape index (κ3) is 4.17. The van der Waals surface area contributed by atoms with Crippen LogP contribution in [-0.2, 0) is 11.3 Å². The number of rotatable bonds is 5. The fourth-order valence-corrected chi connectivity index (χ4v) is 2.04. The van der Waals surface area contributed by atoms with Gasteiger partial charge in [-0.3, -0.25) is 4.79 Å². The van der Waals surface area contributed by atoms with Crippen LogP contribution in [0.1, 0.15) is 25.1 Å². The van der Waals surface area contributed by atoms with Gasteiger partial charge in [-0.25, -0.2) is 4.68 Å². The summed E-state index contributed by atoms with van der Waals surface area (Å²) in [4.78, 5) is 12.0. The molecule has 3 N–H and O–H groups in total. The van der Waals surface area contributed by atoms with Crippen LogP contribution < -0.4 is 11.1 Å². The zero-order valence-corrected chi connectivity index (χ0v) is 12.9. The Bertz CT molecular complexity index is 643. The second-order valence-corrected chi connectivity index (χ2v) is 5.37. The van der Waals surface area contributed by atoms with Crippen molar-refractivity contribution in [2.45, 2.75) is 25.9 Å². The number of nitrogens with one attached hydrogen (secondary N) is 1. The number of nitrogens with zero attached hydrogens (tertiary/aromatic N) is 3. The number of anilines is 1. The molecule has 2 rings (SSSR count). The van der Waals surface area contributed by atoms with Crippen LogP contribution in [0.4, 0.5) is 5.69 Å². The van der Waals surface area contributed by atoms with Crippen LogP contribution in [0.3, 0.4) is 0 Å². The van der Waals surface area contributed by atoms with Gasteiger partial charge in [0.2, 0.25) is 5.91 Å². The molecule has 1 aromatic heterocycles. The Labute approximate surface area is 132 Å². The standard InChI is InChI=1S/C13H15Cl2N5O/c1-2-10(16)12-6-20(19-18-12)7-13(21)17-11-5-8(14)3-4-9(11)15/h3-6,10H,2,7,16H2,1H3,(H,17,21). The van der Waals surface area contributed by atoms with E-state index in [1.165, 1.54) is 4.68 Å². The summed E-state index contributed by atoms with van der Waals surface area (Å²) in [6, 6.07) is 4.67. The molecular weight excluding hydrogens is 313 g/mol. The molecule has 0 saturated carbocycles. The molecule has 1 atom stereocenters. The highest BCUT2D eigenvalue weighted by Crippen LogP contribution is 2.25. The summed E-state index contributed by atoms with van der Waals surface area (Å²) >= 11 is 11.8. The molecule has 8 heteroatoms. The number of nitrogens with two attached hydrogens (primary N) is 1. The first kappa shape index (κ1) is 15.8. The van der Waals surface area contributed by atoms with Gasteiger partial charge in [-0.1, -0.05) is 35.3 Å². The fraction of sp³-hybridized carbons (Fsp3) is 0.308. The molecule has 21 heavy (non-hydrogen) atoms. The smallest absolute Gasteiger partial charge is 0.246 e. The van der Waals surface area contributed by atoms with Gasteiger partial charge in [0, 0.05) is 5.02 Å². The van der Waals surface area contributed by atoms with E-state index in [9.17, 15) is 4.79 Å². The van der Waals surface area contributed by atoms with Crippen molar-refractivity contribution in [1.29, 1.82) is 0 Å². The Hall–Kier alpha value is -1.63. The number of carbonyl (C=O) groups excluding carboxylic acids is 1. The van der Waals surface area contributed by atoms with Gasteiger partial charge in [-0.2, -0.15) is 0 Å². The van der Waals surface area contributed by atoms with Crippen LogP contribution in [0, 0.1) is 0 Å². The van der Waals surface area contributed by atoms with Crippen molar-refractivity contribution >= 4 is 34.8 Å². The molecule has 0 radical (unpaired) electrons. The van der Waals surface area contributed by atoms with Crippen molar-refractivity contribution in [3.63, 3.8) is 0 Å². The summed E-state index contributed by atoms with van der Waals surface area (Å²) < 4.78 is 1.43. The van der Waals surface area contributed by atoms with Gasteiger partial charge in [0.1, 0.15) is 6.54 Å². The molecule has 1 aromatic carbocycles. The summed E-state index contributed by atoms with van der Waals surface area (Å²) in [5, 5.41) is 11.4. The van der Waals surface area contributed by atoms with Crippen molar-refractivity contribution in [1.82, 2.24) is 15.0 Å². The Kier molecular flexibility index (Phi) is 5.17. The maximum absolute atomic E-state index is 12.0. The summed E-state index contributed by atoms with van der Waals surface area (Å²) in [6.07, 6.45) is 2.41. The Balaban J connectivity index is 2.01. The van der Waals surface area contributed by atoms with E-state index in [2.05, 4.69) is 15.6 Å². The van der Waals surface area contributed by atoms with Gasteiger partial charge in [-0.05, 0) is 24.6 Å². The first-order chi connectivity index (χ1) is 9.99. The Morgan fingerprint density at radius 3 is 2.95 bits per heavy atom. The number of hydrogen-bond donors (Lipinski definition) is 2. The van der Waals surface area contributed by atoms with Crippen molar-refractivity contribution in [2.75, 3.05) is 5.32 Å². The number of hydrogen-bond acceptors (Lipinski definition) is 4. The van der Waals surface area contributed by atoms with Gasteiger partial charge in [-0.15, -0.1) is 5.10 Å². The molecule has 0 saturated heterocycles. The van der Waals surface area contributed by atoms with E-state index in [4.69, 9.17) is 28.9 Å². The van der Waals surface area contributed by atoms with Crippen molar-refractivity contribution in [3.8, 4) is 0 Å². The van der Waals surface area contributed by atoms with Crippen LogP contribution in [0.25, 0.3) is 0 Å². The predicted molar refractivity (Wildman–Crippen MR) is 82.3 cm³/mol. The highest BCUT2D eigenvalue weighted by Gasteiger charge is 2.11. The minimum absolute atomic E-state index is 0.0201. The van der Waals surface area contributed by atoms with Crippen molar-refractivity contribution < 1.29 is 4.79 Å². The molecule has 0 spiro atoms. The normalized spacial score (nSPS) is 12.2. The highest BCUT2D eigenvalue weighted by molar-refractivity contribution is 6.35. The SMILES string of the molecule is CCC(N)c1cn(CC(=O)Nc2cc(Cl)ccc2Cl)nn1. The van der Waals surface area contributed by atoms with Gasteiger partial charge in [0.25, 0.3) is 0 Å². The van der Waals surface area contributed by atoms with E-state index in [0.717, 1.165) is 6.42 Å². The van der Waals surface area contributed by atoms with Crippen LogP contribution in [0.15, 0.2) is 24.4 Å². The van der Waals surface area contributed by atoms with E-state index in [1.807, 2.05) is 6.92 Å². The molecule has 0 fully saturated rings. The first-order valence-corrected chi connectivity index (χ1v) is 7.15. The summed E-state index contributed by atoms with van der Waals surface area (Å²) in [5.41, 5.74) is 6.97. The molecule has 2 aromatic rings. The van der Waals surface area contributed by atoms with Gasteiger partial charge in [0.15, 0.2) is 0 Å². The third-order valence-electron chi connectivity index (χ3n) is 2.88. The van der Waals surface area contributed by atoms with Gasteiger partial charge in [0.05, 0.1) is 28.6 Å². The summed E-state index contributed by atoms with van der Waals surface area (Å²) in [5.74, 6) is -0.277. The van der Waals surface area contributed by atoms with E-state index < -0.39 is 0 Å². The van der Waals surface area contributed by atoms with E-state index in [1.54, 1.807) is 24.4 Å². The zero-order chi connectivity index (χ0) is 15.4. The Morgan fingerprint density at radius 2 is 2.24 bits per heavy atom. The number of halogens is 2. The van der Waals surface area contributed by atoms with Crippen LogP contribution in [-0.4, -0.2) is 20.9 Å². The molecule has 6 nitrogen and oxygen atoms in total. The lowest BCUT2D eigenvalue weighted by Gasteiger charge is -2.07. The lowest BCUT2D eigenvalue weighted by molar-refractivity contribution is -0.116. The molecule has 1 unspecified atom stereocenters. The maximum atomic E-state index is 12.0. The number of aromatic nitrogens is 3. The molecule has 0 aliphatic rings. The van der Waals surface area contributed by atoms with E-state index >= 15 is 0 Å². The number of amides is 1. The average Bonchev–Trinajstić information content (AvgIpc) is 2.90. The second kappa shape index (κ2) is 6.89. The lowest BCUT2D eigenvalue weighted by Crippen LogP contribution is -2.19. The third-order valence-corrected chi connectivity index (χ3v) is 3.45. The monoisotopic (exact) mass is 327 g/mol. The Morgan fingerprint density at radius 1 is 1.48 bits per heavy atom. The van der Waals surface area contributed by atoms with Gasteiger partial charge < -0.3 is 11.1 Å². The lowest BCUT2D eigenvalue weighted by atomic mass is 10.2. The quantitative estimate of drug-likeness (QED) is 0.883. The largest absolute Gasteiger partial charge is 0.323 e. The van der Waals surface area contributed by atoms with Crippen LogP contribution in [0.5, 0.6) is 0 Å². The molecule has 0 bridgehead atoms. The van der Waals surface area contributed by atoms with Gasteiger partial charge >= 0.3 is 0 Å². The molecule has 112 valence electrons. The summed E-state index contributed by atoms with van der Waals surface area (Å²) in [7, 11) is 0. The molecule has 1 amide bonds. The van der Waals surface area contributed by atoms with E-state index in [-0.39, 0.29) is 18.5 Å². The molecular formula is C13H15Cl2N5O. The average molecular weight is 328 g/mol. The van der Waals surface area contributed by atoms with Crippen molar-refractivity contribution in [2.24, 2.45) is 5.73 Å². The maximum Gasteiger partial charge on any atom is 0.246 e.